The van der Waals surface area contributed by atoms with Gasteiger partial charge in [0.05, 0.1) is 14.2 Å². The lowest BCUT2D eigenvalue weighted by atomic mass is 10.1. The summed E-state index contributed by atoms with van der Waals surface area (Å²) >= 11 is 3.43. The van der Waals surface area contributed by atoms with E-state index in [0.717, 1.165) is 22.0 Å². The molecule has 0 aliphatic rings. The lowest BCUT2D eigenvalue weighted by Crippen LogP contribution is -2.47. The zero-order valence-corrected chi connectivity index (χ0v) is 20.2. The van der Waals surface area contributed by atoms with Crippen LogP contribution in [0.5, 0.6) is 11.5 Å². The van der Waals surface area contributed by atoms with E-state index in [1.807, 2.05) is 49.4 Å². The second-order valence-electron chi connectivity index (χ2n) is 7.30. The van der Waals surface area contributed by atoms with Crippen LogP contribution >= 0.6 is 15.9 Å². The van der Waals surface area contributed by atoms with Crippen LogP contribution in [0.1, 0.15) is 37.8 Å². The Hall–Kier alpha value is -2.54. The minimum atomic E-state index is -0.562. The molecule has 7 heteroatoms. The topological polar surface area (TPSA) is 67.9 Å². The van der Waals surface area contributed by atoms with Gasteiger partial charge in [-0.25, -0.2) is 0 Å². The predicted octanol–water partition coefficient (Wildman–Crippen LogP) is 4.34. The molecule has 0 heterocycles. The average molecular weight is 491 g/mol. The molecule has 0 spiro atoms. The number of rotatable bonds is 11. The van der Waals surface area contributed by atoms with Crippen LogP contribution < -0.4 is 14.8 Å². The van der Waals surface area contributed by atoms with Crippen molar-refractivity contribution in [2.45, 2.75) is 45.7 Å². The number of carbonyl (C=O) groups is 2. The maximum absolute atomic E-state index is 13.2. The number of ether oxygens (including phenoxy) is 2. The third kappa shape index (κ3) is 7.28. The van der Waals surface area contributed by atoms with Gasteiger partial charge in [-0.3, -0.25) is 9.59 Å². The van der Waals surface area contributed by atoms with Crippen molar-refractivity contribution in [3.63, 3.8) is 0 Å². The second kappa shape index (κ2) is 12.3. The van der Waals surface area contributed by atoms with Gasteiger partial charge in [-0.1, -0.05) is 41.1 Å². The van der Waals surface area contributed by atoms with Crippen LogP contribution in [-0.2, 0) is 22.6 Å². The van der Waals surface area contributed by atoms with Gasteiger partial charge in [0, 0.05) is 24.0 Å². The van der Waals surface area contributed by atoms with E-state index in [4.69, 9.17) is 9.47 Å². The summed E-state index contributed by atoms with van der Waals surface area (Å²) in [6, 6.07) is 12.8. The Morgan fingerprint density at radius 1 is 1.03 bits per heavy atom. The van der Waals surface area contributed by atoms with Gasteiger partial charge in [-0.15, -0.1) is 0 Å². The van der Waals surface area contributed by atoms with E-state index in [1.54, 1.807) is 26.0 Å². The molecule has 0 unspecified atom stereocenters. The Labute approximate surface area is 193 Å². The normalized spacial score (nSPS) is 11.5. The molecule has 0 radical (unpaired) electrons. The van der Waals surface area contributed by atoms with Gasteiger partial charge in [0.2, 0.25) is 11.8 Å². The SMILES string of the molecule is CCCNC(=O)[C@@H](C)N(Cc1ccc(Br)cc1)C(=O)CCc1ccc(OC)c(OC)c1. The first-order chi connectivity index (χ1) is 14.9. The van der Waals surface area contributed by atoms with Crippen molar-refractivity contribution in [2.75, 3.05) is 20.8 Å². The van der Waals surface area contributed by atoms with E-state index in [9.17, 15) is 9.59 Å². The number of carbonyl (C=O) groups excluding carboxylic acids is 2. The van der Waals surface area contributed by atoms with Gasteiger partial charge in [0.15, 0.2) is 11.5 Å². The Morgan fingerprint density at radius 3 is 2.29 bits per heavy atom. The number of nitrogens with zero attached hydrogens (tertiary/aromatic N) is 1. The Kier molecular flexibility index (Phi) is 9.85. The fourth-order valence-electron chi connectivity index (χ4n) is 3.20. The quantitative estimate of drug-likeness (QED) is 0.508. The first-order valence-corrected chi connectivity index (χ1v) is 11.2. The summed E-state index contributed by atoms with van der Waals surface area (Å²) in [6.45, 7) is 4.74. The molecule has 1 atom stereocenters. The minimum absolute atomic E-state index is 0.0724. The molecule has 0 fully saturated rings. The summed E-state index contributed by atoms with van der Waals surface area (Å²) in [7, 11) is 3.18. The van der Waals surface area contributed by atoms with Crippen LogP contribution in [0.25, 0.3) is 0 Å². The van der Waals surface area contributed by atoms with Crippen molar-refractivity contribution in [3.05, 3.63) is 58.1 Å². The molecule has 2 aromatic carbocycles. The lowest BCUT2D eigenvalue weighted by Gasteiger charge is -2.29. The van der Waals surface area contributed by atoms with Crippen LogP contribution in [0.2, 0.25) is 0 Å². The molecule has 0 bridgehead atoms. The van der Waals surface area contributed by atoms with Crippen molar-refractivity contribution < 1.29 is 19.1 Å². The zero-order chi connectivity index (χ0) is 22.8. The average Bonchev–Trinajstić information content (AvgIpc) is 2.79. The first-order valence-electron chi connectivity index (χ1n) is 10.4. The molecule has 0 saturated carbocycles. The van der Waals surface area contributed by atoms with E-state index in [2.05, 4.69) is 21.2 Å². The molecule has 2 rings (SSSR count). The molecule has 168 valence electrons. The third-order valence-electron chi connectivity index (χ3n) is 5.06. The molecule has 2 aromatic rings. The number of amides is 2. The van der Waals surface area contributed by atoms with E-state index in [0.29, 0.717) is 31.0 Å². The van der Waals surface area contributed by atoms with Crippen LogP contribution in [0.3, 0.4) is 0 Å². The molecular weight excluding hydrogens is 460 g/mol. The number of hydrogen-bond donors (Lipinski definition) is 1. The highest BCUT2D eigenvalue weighted by Gasteiger charge is 2.25. The Balaban J connectivity index is 2.14. The fourth-order valence-corrected chi connectivity index (χ4v) is 3.46. The summed E-state index contributed by atoms with van der Waals surface area (Å²) in [5.74, 6) is 1.07. The smallest absolute Gasteiger partial charge is 0.242 e. The van der Waals surface area contributed by atoms with Crippen LogP contribution in [0.15, 0.2) is 46.9 Å². The summed E-state index contributed by atoms with van der Waals surface area (Å²) in [6.07, 6.45) is 1.68. The molecule has 0 saturated heterocycles. The number of methoxy groups -OCH3 is 2. The maximum Gasteiger partial charge on any atom is 0.242 e. The van der Waals surface area contributed by atoms with Crippen LogP contribution in [0, 0.1) is 0 Å². The summed E-state index contributed by atoms with van der Waals surface area (Å²) in [4.78, 5) is 27.4. The summed E-state index contributed by atoms with van der Waals surface area (Å²) in [5.41, 5.74) is 1.94. The second-order valence-corrected chi connectivity index (χ2v) is 8.22. The predicted molar refractivity (Wildman–Crippen MR) is 125 cm³/mol. The van der Waals surface area contributed by atoms with E-state index in [-0.39, 0.29) is 18.2 Å². The number of benzene rings is 2. The van der Waals surface area contributed by atoms with Crippen LogP contribution in [0.4, 0.5) is 0 Å². The Morgan fingerprint density at radius 2 is 1.68 bits per heavy atom. The van der Waals surface area contributed by atoms with Crippen LogP contribution in [-0.4, -0.2) is 43.5 Å². The zero-order valence-electron chi connectivity index (χ0n) is 18.6. The third-order valence-corrected chi connectivity index (χ3v) is 5.59. The van der Waals surface area contributed by atoms with Gasteiger partial charge >= 0.3 is 0 Å². The van der Waals surface area contributed by atoms with E-state index in [1.165, 1.54) is 0 Å². The fraction of sp³-hybridized carbons (Fsp3) is 0.417. The van der Waals surface area contributed by atoms with Crippen molar-refractivity contribution in [1.29, 1.82) is 0 Å². The van der Waals surface area contributed by atoms with Gasteiger partial charge in [0.25, 0.3) is 0 Å². The number of nitrogens with one attached hydrogen (secondary N) is 1. The first kappa shape index (κ1) is 24.7. The molecule has 0 aliphatic carbocycles. The molecule has 1 N–H and O–H groups in total. The van der Waals surface area contributed by atoms with Gasteiger partial charge in [0.1, 0.15) is 6.04 Å². The van der Waals surface area contributed by atoms with Crippen molar-refractivity contribution in [1.82, 2.24) is 10.2 Å². The molecule has 2 amide bonds. The van der Waals surface area contributed by atoms with Gasteiger partial charge < -0.3 is 19.7 Å². The number of halogens is 1. The highest BCUT2D eigenvalue weighted by molar-refractivity contribution is 9.10. The highest BCUT2D eigenvalue weighted by atomic mass is 79.9. The summed E-state index contributed by atoms with van der Waals surface area (Å²) in [5, 5.41) is 2.89. The van der Waals surface area contributed by atoms with E-state index < -0.39 is 6.04 Å². The van der Waals surface area contributed by atoms with E-state index >= 15 is 0 Å². The largest absolute Gasteiger partial charge is 0.493 e. The molecule has 0 aliphatic heterocycles. The monoisotopic (exact) mass is 490 g/mol. The standard InChI is InChI=1S/C24H31BrN2O4/c1-5-14-26-24(29)17(2)27(16-19-6-10-20(25)11-7-19)23(28)13-9-18-8-12-21(30-3)22(15-18)31-4/h6-8,10-12,15,17H,5,9,13-14,16H2,1-4H3,(H,26,29)/t17-/m1/s1. The van der Waals surface area contributed by atoms with Crippen molar-refractivity contribution >= 4 is 27.7 Å². The molecular formula is C24H31BrN2O4. The molecule has 31 heavy (non-hydrogen) atoms. The highest BCUT2D eigenvalue weighted by Crippen LogP contribution is 2.28. The summed E-state index contributed by atoms with van der Waals surface area (Å²) < 4.78 is 11.6. The number of hydrogen-bond acceptors (Lipinski definition) is 4. The maximum atomic E-state index is 13.2. The minimum Gasteiger partial charge on any atom is -0.493 e. The molecule has 6 nitrogen and oxygen atoms in total. The van der Waals surface area contributed by atoms with Crippen molar-refractivity contribution in [3.8, 4) is 11.5 Å². The molecule has 0 aromatic heterocycles. The number of aryl methyl sites for hydroxylation is 1. The van der Waals surface area contributed by atoms with Gasteiger partial charge in [-0.05, 0) is 55.2 Å². The Bertz CT molecular complexity index is 870. The van der Waals surface area contributed by atoms with Gasteiger partial charge in [-0.2, -0.15) is 0 Å². The van der Waals surface area contributed by atoms with Crippen molar-refractivity contribution in [2.24, 2.45) is 0 Å². The lowest BCUT2D eigenvalue weighted by molar-refractivity contribution is -0.140.